The van der Waals surface area contributed by atoms with E-state index in [-0.39, 0.29) is 24.3 Å². The van der Waals surface area contributed by atoms with Crippen molar-refractivity contribution in [3.8, 4) is 5.75 Å². The van der Waals surface area contributed by atoms with Crippen LogP contribution in [0.1, 0.15) is 49.3 Å². The molecule has 184 valence electrons. The van der Waals surface area contributed by atoms with Crippen LogP contribution in [-0.4, -0.2) is 25.0 Å². The van der Waals surface area contributed by atoms with Gasteiger partial charge in [-0.2, -0.15) is 11.3 Å². The highest BCUT2D eigenvalue weighted by atomic mass is 35.5. The Morgan fingerprint density at radius 1 is 1.14 bits per heavy atom. The van der Waals surface area contributed by atoms with E-state index in [9.17, 15) is 14.0 Å². The van der Waals surface area contributed by atoms with Gasteiger partial charge in [-0.25, -0.2) is 4.39 Å². The van der Waals surface area contributed by atoms with Gasteiger partial charge in [0.15, 0.2) is 0 Å². The Morgan fingerprint density at radius 3 is 2.51 bits per heavy atom. The van der Waals surface area contributed by atoms with Crippen molar-refractivity contribution in [3.63, 3.8) is 0 Å². The molecule has 0 bridgehead atoms. The molecule has 3 aromatic rings. The van der Waals surface area contributed by atoms with Gasteiger partial charge in [0, 0.05) is 11.7 Å². The van der Waals surface area contributed by atoms with Crippen LogP contribution in [0.25, 0.3) is 0 Å². The molecule has 1 aliphatic rings. The lowest BCUT2D eigenvalue weighted by molar-refractivity contribution is -0.127. The summed E-state index contributed by atoms with van der Waals surface area (Å²) in [5, 5.41) is 7.29. The molecule has 1 heterocycles. The van der Waals surface area contributed by atoms with E-state index < -0.39 is 11.9 Å². The minimum absolute atomic E-state index is 0.0486. The van der Waals surface area contributed by atoms with Gasteiger partial charge in [-0.1, -0.05) is 43.0 Å². The van der Waals surface area contributed by atoms with Gasteiger partial charge in [0.05, 0.1) is 18.6 Å². The predicted octanol–water partition coefficient (Wildman–Crippen LogP) is 6.32. The number of ether oxygens (including phenoxy) is 1. The smallest absolute Gasteiger partial charge is 0.248 e. The molecule has 1 fully saturated rings. The van der Waals surface area contributed by atoms with E-state index >= 15 is 0 Å². The monoisotopic (exact) mass is 514 g/mol. The van der Waals surface area contributed by atoms with Crippen LogP contribution in [0, 0.1) is 5.82 Å². The number of hydrogen-bond acceptors (Lipinski definition) is 4. The first-order valence-corrected chi connectivity index (χ1v) is 13.0. The number of nitrogens with one attached hydrogen (secondary N) is 1. The number of carbonyl (C=O) groups excluding carboxylic acids is 2. The van der Waals surface area contributed by atoms with Crippen LogP contribution >= 0.6 is 22.9 Å². The molecule has 0 saturated heterocycles. The van der Waals surface area contributed by atoms with Crippen molar-refractivity contribution >= 4 is 40.4 Å². The standard InChI is InChI=1S/C27H28ClFN2O3S/c1-34-24-12-11-22(16-23(24)28)31(25(32)15-18-13-14-35-17-18)26(19-7-9-20(29)10-8-19)27(33)30-21-5-3-2-4-6-21/h7-14,16-17,21,26H,2-6,15H2,1H3,(H,30,33). The summed E-state index contributed by atoms with van der Waals surface area (Å²) in [6.45, 7) is 0. The zero-order valence-electron chi connectivity index (χ0n) is 19.5. The van der Waals surface area contributed by atoms with Crippen molar-refractivity contribution in [1.82, 2.24) is 5.32 Å². The molecule has 0 radical (unpaired) electrons. The normalized spacial score (nSPS) is 14.8. The van der Waals surface area contributed by atoms with E-state index in [0.29, 0.717) is 22.0 Å². The summed E-state index contributed by atoms with van der Waals surface area (Å²) < 4.78 is 19.1. The number of hydrogen-bond donors (Lipinski definition) is 1. The minimum atomic E-state index is -0.992. The summed E-state index contributed by atoms with van der Waals surface area (Å²) in [6.07, 6.45) is 5.19. The van der Waals surface area contributed by atoms with Crippen LogP contribution in [0.4, 0.5) is 10.1 Å². The third kappa shape index (κ3) is 6.21. The maximum absolute atomic E-state index is 13.8. The number of thiophene rings is 1. The van der Waals surface area contributed by atoms with Gasteiger partial charge < -0.3 is 10.1 Å². The first-order valence-electron chi connectivity index (χ1n) is 11.7. The van der Waals surface area contributed by atoms with Crippen molar-refractivity contribution in [2.45, 2.75) is 50.6 Å². The highest BCUT2D eigenvalue weighted by Crippen LogP contribution is 2.35. The van der Waals surface area contributed by atoms with E-state index in [4.69, 9.17) is 16.3 Å². The molecule has 0 aliphatic heterocycles. The molecule has 5 nitrogen and oxygen atoms in total. The van der Waals surface area contributed by atoms with Crippen LogP contribution in [0.2, 0.25) is 5.02 Å². The topological polar surface area (TPSA) is 58.6 Å². The predicted molar refractivity (Wildman–Crippen MR) is 138 cm³/mol. The Morgan fingerprint density at radius 2 is 1.89 bits per heavy atom. The average molecular weight is 515 g/mol. The summed E-state index contributed by atoms with van der Waals surface area (Å²) in [6, 6.07) is 11.7. The van der Waals surface area contributed by atoms with Gasteiger partial charge in [0.2, 0.25) is 11.8 Å². The second-order valence-electron chi connectivity index (χ2n) is 8.69. The number of halogens is 2. The molecule has 4 rings (SSSR count). The molecule has 1 aromatic heterocycles. The van der Waals surface area contributed by atoms with Crippen LogP contribution in [0.15, 0.2) is 59.3 Å². The van der Waals surface area contributed by atoms with Gasteiger partial charge >= 0.3 is 0 Å². The molecule has 1 aliphatic carbocycles. The van der Waals surface area contributed by atoms with Crippen LogP contribution < -0.4 is 15.0 Å². The Hall–Kier alpha value is -2.90. The lowest BCUT2D eigenvalue weighted by Gasteiger charge is -2.33. The zero-order valence-corrected chi connectivity index (χ0v) is 21.1. The van der Waals surface area contributed by atoms with Gasteiger partial charge in [-0.05, 0) is 71.1 Å². The quantitative estimate of drug-likeness (QED) is 0.383. The molecule has 1 atom stereocenters. The molecule has 8 heteroatoms. The summed E-state index contributed by atoms with van der Waals surface area (Å²) in [4.78, 5) is 29.0. The summed E-state index contributed by atoms with van der Waals surface area (Å²) in [5.41, 5.74) is 1.84. The number of anilines is 1. The maximum Gasteiger partial charge on any atom is 0.248 e. The summed E-state index contributed by atoms with van der Waals surface area (Å²) in [5.74, 6) is -0.513. The largest absolute Gasteiger partial charge is 0.495 e. The first kappa shape index (κ1) is 25.2. The molecule has 2 amide bonds. The Bertz CT molecular complexity index is 1150. The number of methoxy groups -OCH3 is 1. The average Bonchev–Trinajstić information content (AvgIpc) is 3.36. The number of benzene rings is 2. The molecule has 1 saturated carbocycles. The summed E-state index contributed by atoms with van der Waals surface area (Å²) >= 11 is 7.92. The van der Waals surface area contributed by atoms with Crippen LogP contribution in [0.3, 0.4) is 0 Å². The maximum atomic E-state index is 13.8. The van der Waals surface area contributed by atoms with Gasteiger partial charge in [0.25, 0.3) is 0 Å². The number of carbonyl (C=O) groups is 2. The zero-order chi connectivity index (χ0) is 24.8. The van der Waals surface area contributed by atoms with E-state index in [1.54, 1.807) is 30.3 Å². The van der Waals surface area contributed by atoms with Crippen LogP contribution in [0.5, 0.6) is 5.75 Å². The minimum Gasteiger partial charge on any atom is -0.495 e. The third-order valence-electron chi connectivity index (χ3n) is 6.26. The Labute approximate surface area is 213 Å². The summed E-state index contributed by atoms with van der Waals surface area (Å²) in [7, 11) is 1.51. The Balaban J connectivity index is 1.77. The fourth-order valence-electron chi connectivity index (χ4n) is 4.49. The van der Waals surface area contributed by atoms with E-state index in [1.165, 1.54) is 35.5 Å². The van der Waals surface area contributed by atoms with Gasteiger partial charge in [-0.3, -0.25) is 14.5 Å². The van der Waals surface area contributed by atoms with Crippen molar-refractivity contribution in [2.24, 2.45) is 0 Å². The molecule has 0 spiro atoms. The molecule has 1 N–H and O–H groups in total. The molecule has 35 heavy (non-hydrogen) atoms. The van der Waals surface area contributed by atoms with E-state index in [0.717, 1.165) is 37.7 Å². The third-order valence-corrected chi connectivity index (χ3v) is 7.29. The lowest BCUT2D eigenvalue weighted by atomic mass is 9.94. The number of rotatable bonds is 8. The van der Waals surface area contributed by atoms with Crippen molar-refractivity contribution in [2.75, 3.05) is 12.0 Å². The second-order valence-corrected chi connectivity index (χ2v) is 9.88. The molecule has 1 unspecified atom stereocenters. The Kier molecular flexibility index (Phi) is 8.42. The molecule has 2 aromatic carbocycles. The highest BCUT2D eigenvalue weighted by Gasteiger charge is 2.34. The molecular formula is C27H28ClFN2O3S. The van der Waals surface area contributed by atoms with Crippen LogP contribution in [-0.2, 0) is 16.0 Å². The fourth-order valence-corrected chi connectivity index (χ4v) is 5.41. The first-order chi connectivity index (χ1) is 17.0. The second kappa shape index (κ2) is 11.7. The fraction of sp³-hybridized carbons (Fsp3) is 0.333. The van der Waals surface area contributed by atoms with E-state index in [1.807, 2.05) is 16.8 Å². The lowest BCUT2D eigenvalue weighted by Crippen LogP contribution is -2.47. The highest BCUT2D eigenvalue weighted by molar-refractivity contribution is 7.08. The van der Waals surface area contributed by atoms with E-state index in [2.05, 4.69) is 5.32 Å². The van der Waals surface area contributed by atoms with Crippen molar-refractivity contribution in [3.05, 3.63) is 81.3 Å². The molecular weight excluding hydrogens is 487 g/mol. The number of amides is 2. The van der Waals surface area contributed by atoms with Gasteiger partial charge in [-0.15, -0.1) is 0 Å². The SMILES string of the molecule is COc1ccc(N(C(=O)Cc2ccsc2)C(C(=O)NC2CCCCC2)c2ccc(F)cc2)cc1Cl. The van der Waals surface area contributed by atoms with Crippen molar-refractivity contribution in [1.29, 1.82) is 0 Å². The number of nitrogens with zero attached hydrogens (tertiary/aromatic N) is 1. The van der Waals surface area contributed by atoms with Gasteiger partial charge in [0.1, 0.15) is 17.6 Å². The van der Waals surface area contributed by atoms with Crippen molar-refractivity contribution < 1.29 is 18.7 Å².